The van der Waals surface area contributed by atoms with Gasteiger partial charge >= 0.3 is 0 Å². The average molecular weight is 252 g/mol. The van der Waals surface area contributed by atoms with Gasteiger partial charge in [0.2, 0.25) is 0 Å². The maximum Gasteiger partial charge on any atom is 0.164 e. The molecule has 4 nitrogen and oxygen atoms in total. The van der Waals surface area contributed by atoms with Gasteiger partial charge in [-0.3, -0.25) is 4.79 Å². The van der Waals surface area contributed by atoms with Crippen LogP contribution < -0.4 is 0 Å². The van der Waals surface area contributed by atoms with E-state index < -0.39 is 0 Å². The molecule has 1 rings (SSSR count). The maximum absolute atomic E-state index is 11.7. The topological polar surface area (TPSA) is 73.9 Å². The smallest absolute Gasteiger partial charge is 0.164 e. The minimum absolute atomic E-state index is 0.146. The van der Waals surface area contributed by atoms with Crippen LogP contribution in [-0.4, -0.2) is 5.78 Å². The Balaban J connectivity index is 3.16. The molecule has 19 heavy (non-hydrogen) atoms. The lowest BCUT2D eigenvalue weighted by atomic mass is 10.0. The third kappa shape index (κ3) is 3.83. The molecular formula is C15H12N2O2. The summed E-state index contributed by atoms with van der Waals surface area (Å²) in [7, 11) is 0. The molecule has 1 aromatic rings. The van der Waals surface area contributed by atoms with E-state index in [2.05, 4.69) is 0 Å². The van der Waals surface area contributed by atoms with Crippen LogP contribution in [0.4, 0.5) is 0 Å². The van der Waals surface area contributed by atoms with E-state index in [4.69, 9.17) is 15.3 Å². The summed E-state index contributed by atoms with van der Waals surface area (Å²) < 4.78 is 5.22. The van der Waals surface area contributed by atoms with Gasteiger partial charge in [0.05, 0.1) is 5.57 Å². The molecule has 0 fully saturated rings. The third-order valence-electron chi connectivity index (χ3n) is 2.36. The fraction of sp³-hybridized carbons (Fsp3) is 0.133. The van der Waals surface area contributed by atoms with Crippen LogP contribution in [0.1, 0.15) is 19.4 Å². The summed E-state index contributed by atoms with van der Waals surface area (Å²) >= 11 is 0. The number of carbonyl (C=O) groups excluding carboxylic acids is 1. The molecule has 0 radical (unpaired) electrons. The minimum Gasteiger partial charge on any atom is -0.467 e. The standard InChI is InChI=1S/C15H12N2O2/c1-11(18)15(14-6-4-3-5-7-14)12(2)19-10-13(8-16)9-17/h3-7,10H,1-2H3/b15-12+. The van der Waals surface area contributed by atoms with Crippen molar-refractivity contribution in [2.45, 2.75) is 13.8 Å². The Kier molecular flexibility index (Phi) is 5.07. The predicted octanol–water partition coefficient (Wildman–Crippen LogP) is 2.95. The van der Waals surface area contributed by atoms with Gasteiger partial charge < -0.3 is 4.74 Å². The second kappa shape index (κ2) is 6.78. The van der Waals surface area contributed by atoms with Crippen LogP contribution in [0.3, 0.4) is 0 Å². The van der Waals surface area contributed by atoms with E-state index in [0.717, 1.165) is 11.8 Å². The Morgan fingerprint density at radius 2 is 1.74 bits per heavy atom. The number of ether oxygens (including phenoxy) is 1. The van der Waals surface area contributed by atoms with Crippen LogP contribution in [0, 0.1) is 22.7 Å². The summed E-state index contributed by atoms with van der Waals surface area (Å²) in [6.45, 7) is 3.06. The van der Waals surface area contributed by atoms with Crippen LogP contribution in [-0.2, 0) is 9.53 Å². The van der Waals surface area contributed by atoms with Crippen molar-refractivity contribution in [3.05, 3.63) is 53.5 Å². The van der Waals surface area contributed by atoms with E-state index in [1.807, 2.05) is 18.2 Å². The fourth-order valence-electron chi connectivity index (χ4n) is 1.54. The molecule has 94 valence electrons. The lowest BCUT2D eigenvalue weighted by molar-refractivity contribution is -0.111. The Morgan fingerprint density at radius 1 is 1.16 bits per heavy atom. The van der Waals surface area contributed by atoms with Crippen molar-refractivity contribution in [1.29, 1.82) is 10.5 Å². The van der Waals surface area contributed by atoms with E-state index in [-0.39, 0.29) is 11.4 Å². The minimum atomic E-state index is -0.157. The SMILES string of the molecule is CC(=O)/C(=C(/C)OC=C(C#N)C#N)c1ccccc1. The summed E-state index contributed by atoms with van der Waals surface area (Å²) in [5.41, 5.74) is 0.999. The molecule has 0 atom stereocenters. The highest BCUT2D eigenvalue weighted by atomic mass is 16.5. The molecule has 0 N–H and O–H groups in total. The Hall–Kier alpha value is -2.85. The Morgan fingerprint density at radius 3 is 2.21 bits per heavy atom. The normalized spacial score (nSPS) is 10.5. The van der Waals surface area contributed by atoms with Crippen molar-refractivity contribution in [2.75, 3.05) is 0 Å². The lowest BCUT2D eigenvalue weighted by Gasteiger charge is -2.08. The molecule has 0 amide bonds. The summed E-state index contributed by atoms with van der Waals surface area (Å²) in [5, 5.41) is 17.2. The molecule has 1 aromatic carbocycles. The summed E-state index contributed by atoms with van der Waals surface area (Å²) in [4.78, 5) is 11.7. The van der Waals surface area contributed by atoms with Gasteiger partial charge in [0.15, 0.2) is 11.4 Å². The van der Waals surface area contributed by atoms with Crippen LogP contribution in [0.25, 0.3) is 5.57 Å². The highest BCUT2D eigenvalue weighted by Gasteiger charge is 2.12. The van der Waals surface area contributed by atoms with Gasteiger partial charge in [0.1, 0.15) is 24.2 Å². The maximum atomic E-state index is 11.7. The zero-order valence-electron chi connectivity index (χ0n) is 10.7. The Labute approximate surface area is 111 Å². The highest BCUT2D eigenvalue weighted by molar-refractivity contribution is 6.20. The second-order valence-electron chi connectivity index (χ2n) is 3.73. The molecule has 0 saturated carbocycles. The Bertz CT molecular complexity index is 598. The van der Waals surface area contributed by atoms with Crippen LogP contribution in [0.5, 0.6) is 0 Å². The van der Waals surface area contributed by atoms with Crippen molar-refractivity contribution in [3.63, 3.8) is 0 Å². The fourth-order valence-corrected chi connectivity index (χ4v) is 1.54. The van der Waals surface area contributed by atoms with Gasteiger partial charge in [-0.25, -0.2) is 0 Å². The molecule has 0 spiro atoms. The first-order valence-corrected chi connectivity index (χ1v) is 5.54. The van der Waals surface area contributed by atoms with Crippen LogP contribution in [0.2, 0.25) is 0 Å². The average Bonchev–Trinajstić information content (AvgIpc) is 2.41. The number of allylic oxidation sites excluding steroid dienone is 3. The molecule has 0 unspecified atom stereocenters. The van der Waals surface area contributed by atoms with Crippen molar-refractivity contribution in [3.8, 4) is 12.1 Å². The summed E-state index contributed by atoms with van der Waals surface area (Å²) in [6, 6.07) is 12.4. The molecule has 0 aromatic heterocycles. The lowest BCUT2D eigenvalue weighted by Crippen LogP contribution is -2.00. The van der Waals surface area contributed by atoms with Gasteiger partial charge in [-0.05, 0) is 19.4 Å². The molecule has 4 heteroatoms. The van der Waals surface area contributed by atoms with E-state index in [9.17, 15) is 4.79 Å². The molecule has 0 aliphatic rings. The van der Waals surface area contributed by atoms with Crippen molar-refractivity contribution in [1.82, 2.24) is 0 Å². The second-order valence-corrected chi connectivity index (χ2v) is 3.73. The van der Waals surface area contributed by atoms with Gasteiger partial charge in [-0.2, -0.15) is 10.5 Å². The van der Waals surface area contributed by atoms with Crippen molar-refractivity contribution < 1.29 is 9.53 Å². The van der Waals surface area contributed by atoms with Gasteiger partial charge in [-0.15, -0.1) is 0 Å². The first-order valence-electron chi connectivity index (χ1n) is 5.54. The number of rotatable bonds is 4. The molecule has 0 saturated heterocycles. The molecule has 0 aliphatic heterocycles. The molecule has 0 aliphatic carbocycles. The number of hydrogen-bond donors (Lipinski definition) is 0. The molecule has 0 heterocycles. The number of Topliss-reactive ketones (excluding diaryl/α,β-unsaturated/α-hetero) is 1. The first-order chi connectivity index (χ1) is 9.10. The van der Waals surface area contributed by atoms with Gasteiger partial charge in [0.25, 0.3) is 0 Å². The summed E-state index contributed by atoms with van der Waals surface area (Å²) in [6.07, 6.45) is 1.04. The molecule has 0 bridgehead atoms. The highest BCUT2D eigenvalue weighted by Crippen LogP contribution is 2.20. The van der Waals surface area contributed by atoms with E-state index in [1.165, 1.54) is 6.92 Å². The first kappa shape index (κ1) is 14.2. The van der Waals surface area contributed by atoms with Crippen LogP contribution in [0.15, 0.2) is 47.9 Å². The zero-order chi connectivity index (χ0) is 14.3. The van der Waals surface area contributed by atoms with Gasteiger partial charge in [-0.1, -0.05) is 30.3 Å². The number of benzene rings is 1. The molecular weight excluding hydrogens is 240 g/mol. The van der Waals surface area contributed by atoms with Gasteiger partial charge in [0, 0.05) is 0 Å². The zero-order valence-corrected chi connectivity index (χ0v) is 10.7. The van der Waals surface area contributed by atoms with Crippen molar-refractivity contribution >= 4 is 11.4 Å². The number of hydrogen-bond acceptors (Lipinski definition) is 4. The predicted molar refractivity (Wildman–Crippen MR) is 70.1 cm³/mol. The van der Waals surface area contributed by atoms with Crippen molar-refractivity contribution in [2.24, 2.45) is 0 Å². The van der Waals surface area contributed by atoms with E-state index in [1.54, 1.807) is 31.2 Å². The number of carbonyl (C=O) groups is 1. The number of nitrogens with zero attached hydrogens (tertiary/aromatic N) is 2. The van der Waals surface area contributed by atoms with E-state index >= 15 is 0 Å². The van der Waals surface area contributed by atoms with Crippen LogP contribution >= 0.6 is 0 Å². The number of ketones is 1. The third-order valence-corrected chi connectivity index (χ3v) is 2.36. The quantitative estimate of drug-likeness (QED) is 0.469. The largest absolute Gasteiger partial charge is 0.467 e. The summed E-state index contributed by atoms with van der Waals surface area (Å²) in [5.74, 6) is 0.203. The number of nitriles is 2. The monoisotopic (exact) mass is 252 g/mol. The van der Waals surface area contributed by atoms with E-state index in [0.29, 0.717) is 11.3 Å².